The van der Waals surface area contributed by atoms with E-state index in [1.165, 1.54) is 17.8 Å². The van der Waals surface area contributed by atoms with Gasteiger partial charge in [0, 0.05) is 35.4 Å². The van der Waals surface area contributed by atoms with Crippen LogP contribution >= 0.6 is 11.8 Å². The Kier molecular flexibility index (Phi) is 5.93. The molecule has 1 aromatic heterocycles. The quantitative estimate of drug-likeness (QED) is 0.379. The number of nitrogens with zero attached hydrogens (tertiary/aromatic N) is 3. The summed E-state index contributed by atoms with van der Waals surface area (Å²) in [6, 6.07) is 8.54. The smallest absolute Gasteiger partial charge is 0.273 e. The molecule has 8 heteroatoms. The molecule has 152 valence electrons. The van der Waals surface area contributed by atoms with E-state index in [0.29, 0.717) is 32.7 Å². The molecule has 0 aliphatic carbocycles. The van der Waals surface area contributed by atoms with Crippen LogP contribution in [-0.4, -0.2) is 33.0 Å². The first-order valence-electron chi connectivity index (χ1n) is 9.33. The number of carbonyl (C=O) groups excluding carboxylic acids is 1. The number of amidine groups is 1. The third kappa shape index (κ3) is 4.42. The average molecular weight is 413 g/mol. The first-order chi connectivity index (χ1) is 13.7. The second kappa shape index (κ2) is 8.24. The molecule has 0 radical (unpaired) electrons. The maximum atomic E-state index is 12.8. The van der Waals surface area contributed by atoms with Gasteiger partial charge in [-0.05, 0) is 58.5 Å². The number of aryl methyl sites for hydroxylation is 1. The first kappa shape index (κ1) is 20.9. The summed E-state index contributed by atoms with van der Waals surface area (Å²) in [6.45, 7) is 9.54. The topological polar surface area (TPSA) is 89.0 Å². The van der Waals surface area contributed by atoms with Crippen molar-refractivity contribution in [2.75, 3.05) is 0 Å². The Morgan fingerprint density at radius 2 is 1.93 bits per heavy atom. The summed E-state index contributed by atoms with van der Waals surface area (Å²) < 4.78 is 5.84. The average Bonchev–Trinajstić information content (AvgIpc) is 3.20. The lowest BCUT2D eigenvalue weighted by Crippen LogP contribution is -2.35. The predicted molar refractivity (Wildman–Crippen MR) is 116 cm³/mol. The summed E-state index contributed by atoms with van der Waals surface area (Å²) >= 11 is 1.33. The van der Waals surface area contributed by atoms with Crippen LogP contribution < -0.4 is 0 Å². The Morgan fingerprint density at radius 1 is 1.21 bits per heavy atom. The number of aliphatic imine (C=N–C) groups is 1. The summed E-state index contributed by atoms with van der Waals surface area (Å²) in [6.07, 6.45) is 1.69. The molecule has 2 heterocycles. The third-order valence-corrected chi connectivity index (χ3v) is 5.31. The molecule has 7 nitrogen and oxygen atoms in total. The summed E-state index contributed by atoms with van der Waals surface area (Å²) in [4.78, 5) is 30.4. The minimum atomic E-state index is -0.408. The number of amides is 1. The van der Waals surface area contributed by atoms with Crippen molar-refractivity contribution in [3.63, 3.8) is 0 Å². The molecule has 1 aliphatic heterocycles. The highest BCUT2D eigenvalue weighted by Gasteiger charge is 2.35. The van der Waals surface area contributed by atoms with Crippen LogP contribution in [0.5, 0.6) is 0 Å². The van der Waals surface area contributed by atoms with Gasteiger partial charge in [0.2, 0.25) is 0 Å². The Balaban J connectivity index is 1.91. The summed E-state index contributed by atoms with van der Waals surface area (Å²) in [5.41, 5.74) is 1.25. The van der Waals surface area contributed by atoms with Crippen molar-refractivity contribution in [3.8, 4) is 11.3 Å². The second-order valence-corrected chi connectivity index (χ2v) is 8.35. The molecular weight excluding hydrogens is 390 g/mol. The van der Waals surface area contributed by atoms with Gasteiger partial charge >= 0.3 is 0 Å². The monoisotopic (exact) mass is 413 g/mol. The van der Waals surface area contributed by atoms with Crippen LogP contribution in [0.3, 0.4) is 0 Å². The summed E-state index contributed by atoms with van der Waals surface area (Å²) in [5.74, 6) is 0.911. The molecule has 3 rings (SSSR count). The van der Waals surface area contributed by atoms with Crippen molar-refractivity contribution < 1.29 is 14.1 Å². The van der Waals surface area contributed by atoms with Gasteiger partial charge in [-0.1, -0.05) is 12.1 Å². The van der Waals surface area contributed by atoms with Gasteiger partial charge in [0.05, 0.1) is 9.83 Å². The summed E-state index contributed by atoms with van der Waals surface area (Å²) in [7, 11) is 0. The lowest BCUT2D eigenvalue weighted by molar-refractivity contribution is -0.385. The molecule has 0 N–H and O–H groups in total. The van der Waals surface area contributed by atoms with Gasteiger partial charge < -0.3 is 4.42 Å². The van der Waals surface area contributed by atoms with Crippen LogP contribution in [0.1, 0.15) is 39.0 Å². The molecule has 2 aromatic rings. The standard InChI is InChI=1S/C21H23N3O4S/c1-12(2)22-21-23(13(3)4)20(25)19(29-21)11-16-8-9-18(28-16)15-7-6-14(5)17(10-15)24(26)27/h6-13H,1-5H3/b19-11+,22-21?. The molecule has 0 atom stereocenters. The zero-order valence-electron chi connectivity index (χ0n) is 17.0. The highest BCUT2D eigenvalue weighted by atomic mass is 32.2. The Morgan fingerprint density at radius 3 is 2.55 bits per heavy atom. The number of nitro benzene ring substituents is 1. The highest BCUT2D eigenvalue weighted by Crippen LogP contribution is 2.35. The van der Waals surface area contributed by atoms with Crippen LogP contribution in [0.4, 0.5) is 5.69 Å². The maximum Gasteiger partial charge on any atom is 0.273 e. The minimum Gasteiger partial charge on any atom is -0.457 e. The fourth-order valence-electron chi connectivity index (χ4n) is 2.93. The number of thioether (sulfide) groups is 1. The van der Waals surface area contributed by atoms with E-state index in [4.69, 9.17) is 4.42 Å². The second-order valence-electron chi connectivity index (χ2n) is 7.35. The van der Waals surface area contributed by atoms with Gasteiger partial charge in [-0.25, -0.2) is 0 Å². The van der Waals surface area contributed by atoms with E-state index in [1.807, 2.05) is 27.7 Å². The fourth-order valence-corrected chi connectivity index (χ4v) is 4.14. The summed E-state index contributed by atoms with van der Waals surface area (Å²) in [5, 5.41) is 11.9. The zero-order valence-corrected chi connectivity index (χ0v) is 17.8. The molecule has 1 saturated heterocycles. The Labute approximate surface area is 173 Å². The van der Waals surface area contributed by atoms with Gasteiger partial charge in [0.15, 0.2) is 5.17 Å². The Bertz CT molecular complexity index is 1020. The van der Waals surface area contributed by atoms with Gasteiger partial charge in [-0.3, -0.25) is 24.8 Å². The highest BCUT2D eigenvalue weighted by molar-refractivity contribution is 8.18. The fraction of sp³-hybridized carbons (Fsp3) is 0.333. The van der Waals surface area contributed by atoms with Gasteiger partial charge in [0.1, 0.15) is 11.5 Å². The zero-order chi connectivity index (χ0) is 21.3. The van der Waals surface area contributed by atoms with E-state index >= 15 is 0 Å². The van der Waals surface area contributed by atoms with Crippen molar-refractivity contribution in [3.05, 3.63) is 56.7 Å². The molecule has 0 spiro atoms. The molecule has 0 saturated carbocycles. The minimum absolute atomic E-state index is 0.00123. The van der Waals surface area contributed by atoms with Crippen molar-refractivity contribution in [1.29, 1.82) is 0 Å². The number of nitro groups is 1. The first-order valence-corrected chi connectivity index (χ1v) is 10.1. The number of furan rings is 1. The Hall–Kier alpha value is -2.87. The van der Waals surface area contributed by atoms with Crippen LogP contribution in [-0.2, 0) is 4.79 Å². The number of benzene rings is 1. The van der Waals surface area contributed by atoms with E-state index in [0.717, 1.165) is 0 Å². The van der Waals surface area contributed by atoms with Crippen molar-refractivity contribution >= 4 is 34.6 Å². The van der Waals surface area contributed by atoms with E-state index in [1.54, 1.807) is 42.2 Å². The van der Waals surface area contributed by atoms with Crippen LogP contribution in [0, 0.1) is 17.0 Å². The van der Waals surface area contributed by atoms with E-state index in [-0.39, 0.29) is 23.7 Å². The van der Waals surface area contributed by atoms with Crippen LogP contribution in [0.25, 0.3) is 17.4 Å². The van der Waals surface area contributed by atoms with Crippen molar-refractivity contribution in [2.24, 2.45) is 4.99 Å². The molecule has 1 amide bonds. The van der Waals surface area contributed by atoms with Crippen LogP contribution in [0.2, 0.25) is 0 Å². The molecule has 1 aliphatic rings. The SMILES string of the molecule is Cc1ccc(-c2ccc(/C=C3/SC(=NC(C)C)N(C(C)C)C3=O)o2)cc1[N+](=O)[O-]. The predicted octanol–water partition coefficient (Wildman–Crippen LogP) is 5.25. The molecular formula is C21H23N3O4S. The number of carbonyl (C=O) groups is 1. The lowest BCUT2D eigenvalue weighted by Gasteiger charge is -2.20. The molecule has 0 bridgehead atoms. The number of hydrogen-bond acceptors (Lipinski definition) is 6. The van der Waals surface area contributed by atoms with E-state index in [9.17, 15) is 14.9 Å². The van der Waals surface area contributed by atoms with Gasteiger partial charge in [-0.15, -0.1) is 0 Å². The van der Waals surface area contributed by atoms with Crippen LogP contribution in [0.15, 0.2) is 44.6 Å². The maximum absolute atomic E-state index is 12.8. The van der Waals surface area contributed by atoms with Crippen molar-refractivity contribution in [2.45, 2.75) is 46.7 Å². The van der Waals surface area contributed by atoms with Gasteiger partial charge in [-0.2, -0.15) is 0 Å². The number of hydrogen-bond donors (Lipinski definition) is 0. The molecule has 0 unspecified atom stereocenters. The molecule has 1 aromatic carbocycles. The van der Waals surface area contributed by atoms with E-state index in [2.05, 4.69) is 4.99 Å². The normalized spacial score (nSPS) is 17.3. The van der Waals surface area contributed by atoms with E-state index < -0.39 is 4.92 Å². The van der Waals surface area contributed by atoms with Crippen molar-refractivity contribution in [1.82, 2.24) is 4.90 Å². The number of rotatable bonds is 5. The molecule has 1 fully saturated rings. The molecule has 29 heavy (non-hydrogen) atoms. The largest absolute Gasteiger partial charge is 0.457 e. The third-order valence-electron chi connectivity index (χ3n) is 4.31. The lowest BCUT2D eigenvalue weighted by atomic mass is 10.1. The van der Waals surface area contributed by atoms with Gasteiger partial charge in [0.25, 0.3) is 11.6 Å².